The first kappa shape index (κ1) is 17.9. The lowest BCUT2D eigenvalue weighted by molar-refractivity contribution is 0.355. The zero-order chi connectivity index (χ0) is 17.8. The third-order valence-corrected chi connectivity index (χ3v) is 4.54. The third kappa shape index (κ3) is 5.06. The van der Waals surface area contributed by atoms with Gasteiger partial charge in [0, 0.05) is 19.2 Å². The summed E-state index contributed by atoms with van der Waals surface area (Å²) in [6, 6.07) is 5.51. The van der Waals surface area contributed by atoms with E-state index in [1.165, 1.54) is 6.42 Å². The Morgan fingerprint density at radius 1 is 1.36 bits per heavy atom. The van der Waals surface area contributed by atoms with Crippen molar-refractivity contribution in [2.45, 2.75) is 26.8 Å². The minimum atomic E-state index is 0.394. The Morgan fingerprint density at radius 3 is 2.80 bits per heavy atom. The summed E-state index contributed by atoms with van der Waals surface area (Å²) in [4.78, 5) is 11.1. The summed E-state index contributed by atoms with van der Waals surface area (Å²) in [6.45, 7) is 6.96. The first-order chi connectivity index (χ1) is 12.0. The van der Waals surface area contributed by atoms with Crippen LogP contribution in [0.15, 0.2) is 28.9 Å². The number of anilines is 2. The molecule has 3 heterocycles. The molecule has 2 N–H and O–H groups in total. The highest BCUT2D eigenvalue weighted by molar-refractivity contribution is 7.80. The molecule has 25 heavy (non-hydrogen) atoms. The minimum absolute atomic E-state index is 0.394. The van der Waals surface area contributed by atoms with Crippen molar-refractivity contribution >= 4 is 40.7 Å². The first-order valence-corrected chi connectivity index (χ1v) is 9.15. The van der Waals surface area contributed by atoms with Crippen LogP contribution in [0.4, 0.5) is 11.8 Å². The van der Waals surface area contributed by atoms with E-state index in [0.717, 1.165) is 24.7 Å². The summed E-state index contributed by atoms with van der Waals surface area (Å²) in [6.07, 6.45) is 2.86. The molecule has 0 unspecified atom stereocenters. The summed E-state index contributed by atoms with van der Waals surface area (Å²) in [5, 5.41) is 6.87. The molecule has 1 aliphatic heterocycles. The highest BCUT2D eigenvalue weighted by atomic mass is 35.5. The second kappa shape index (κ2) is 8.01. The molecule has 0 spiro atoms. The predicted octanol–water partition coefficient (Wildman–Crippen LogP) is 3.69. The Labute approximate surface area is 158 Å². The molecule has 8 heteroatoms. The van der Waals surface area contributed by atoms with E-state index in [2.05, 4.69) is 39.3 Å². The monoisotopic (exact) mass is 379 g/mol. The maximum Gasteiger partial charge on any atom is 0.232 e. The van der Waals surface area contributed by atoms with Crippen LogP contribution in [-0.2, 0) is 6.54 Å². The number of thiocarbonyl (C=S) groups is 1. The molecule has 1 fully saturated rings. The highest BCUT2D eigenvalue weighted by Crippen LogP contribution is 2.27. The van der Waals surface area contributed by atoms with E-state index in [4.69, 9.17) is 28.2 Å². The standard InChI is InChI=1S/C17H22ClN5OS/c1-11-6-12(2)10-23(9-11)15-7-14(18)20-16(21-15)22-17(25)19-8-13-4-3-5-24-13/h3-5,7,11-12H,6,8-10H2,1-2H3,(H2,19,20,21,22,25)/t11-,12-/m1/s1. The van der Waals surface area contributed by atoms with Crippen molar-refractivity contribution in [3.05, 3.63) is 35.4 Å². The predicted molar refractivity (Wildman–Crippen MR) is 104 cm³/mol. The van der Waals surface area contributed by atoms with Crippen LogP contribution in [0.5, 0.6) is 0 Å². The fourth-order valence-corrected chi connectivity index (χ4v) is 3.54. The number of hydrogen-bond donors (Lipinski definition) is 2. The molecule has 1 aliphatic rings. The van der Waals surface area contributed by atoms with Gasteiger partial charge in [-0.3, -0.25) is 0 Å². The molecule has 1 saturated heterocycles. The Balaban J connectivity index is 1.65. The van der Waals surface area contributed by atoms with Crippen LogP contribution in [0.2, 0.25) is 5.15 Å². The summed E-state index contributed by atoms with van der Waals surface area (Å²) in [5.74, 6) is 3.28. The van der Waals surface area contributed by atoms with Gasteiger partial charge in [-0.05, 0) is 42.6 Å². The number of hydrogen-bond acceptors (Lipinski definition) is 5. The zero-order valence-electron chi connectivity index (χ0n) is 14.3. The van der Waals surface area contributed by atoms with Crippen LogP contribution >= 0.6 is 23.8 Å². The van der Waals surface area contributed by atoms with Gasteiger partial charge in [-0.2, -0.15) is 4.98 Å². The van der Waals surface area contributed by atoms with Gasteiger partial charge in [0.15, 0.2) is 5.11 Å². The van der Waals surface area contributed by atoms with Gasteiger partial charge in [0.2, 0.25) is 5.95 Å². The highest BCUT2D eigenvalue weighted by Gasteiger charge is 2.23. The first-order valence-electron chi connectivity index (χ1n) is 8.36. The number of furan rings is 1. The molecule has 0 radical (unpaired) electrons. The number of aromatic nitrogens is 2. The molecular weight excluding hydrogens is 358 g/mol. The minimum Gasteiger partial charge on any atom is -0.467 e. The Kier molecular flexibility index (Phi) is 5.75. The molecule has 134 valence electrons. The van der Waals surface area contributed by atoms with Gasteiger partial charge < -0.3 is 20.0 Å². The maximum atomic E-state index is 6.19. The lowest BCUT2D eigenvalue weighted by atomic mass is 9.92. The van der Waals surface area contributed by atoms with Crippen LogP contribution in [-0.4, -0.2) is 28.2 Å². The largest absolute Gasteiger partial charge is 0.467 e. The van der Waals surface area contributed by atoms with Crippen LogP contribution in [0.3, 0.4) is 0 Å². The van der Waals surface area contributed by atoms with Gasteiger partial charge in [0.25, 0.3) is 0 Å². The Bertz CT molecular complexity index is 714. The zero-order valence-corrected chi connectivity index (χ0v) is 15.9. The van der Waals surface area contributed by atoms with Gasteiger partial charge in [-0.25, -0.2) is 4.98 Å². The average molecular weight is 380 g/mol. The van der Waals surface area contributed by atoms with E-state index in [0.29, 0.717) is 34.6 Å². The van der Waals surface area contributed by atoms with Gasteiger partial charge in [0.1, 0.15) is 16.7 Å². The van der Waals surface area contributed by atoms with Crippen LogP contribution in [0.1, 0.15) is 26.0 Å². The van der Waals surface area contributed by atoms with Crippen LogP contribution in [0, 0.1) is 11.8 Å². The normalized spacial score (nSPS) is 20.4. The molecule has 2 aromatic heterocycles. The molecule has 0 bridgehead atoms. The Morgan fingerprint density at radius 2 is 2.12 bits per heavy atom. The lowest BCUT2D eigenvalue weighted by Gasteiger charge is -2.35. The number of nitrogens with zero attached hydrogens (tertiary/aromatic N) is 3. The topological polar surface area (TPSA) is 66.2 Å². The third-order valence-electron chi connectivity index (χ3n) is 4.10. The van der Waals surface area contributed by atoms with Crippen molar-refractivity contribution in [2.24, 2.45) is 11.8 Å². The average Bonchev–Trinajstić information content (AvgIpc) is 3.05. The second-order valence-corrected chi connectivity index (χ2v) is 7.41. The maximum absolute atomic E-state index is 6.19. The van der Waals surface area contributed by atoms with Crippen molar-refractivity contribution in [1.29, 1.82) is 0 Å². The van der Waals surface area contributed by atoms with E-state index in [1.807, 2.05) is 12.1 Å². The van der Waals surface area contributed by atoms with Gasteiger partial charge in [-0.1, -0.05) is 25.4 Å². The smallest absolute Gasteiger partial charge is 0.232 e. The van der Waals surface area contributed by atoms with Crippen LogP contribution in [0.25, 0.3) is 0 Å². The van der Waals surface area contributed by atoms with Crippen LogP contribution < -0.4 is 15.5 Å². The number of halogens is 1. The van der Waals surface area contributed by atoms with E-state index in [-0.39, 0.29) is 0 Å². The summed E-state index contributed by atoms with van der Waals surface area (Å²) < 4.78 is 5.26. The molecule has 0 aliphatic carbocycles. The number of rotatable bonds is 4. The summed E-state index contributed by atoms with van der Waals surface area (Å²) in [5.41, 5.74) is 0. The quantitative estimate of drug-likeness (QED) is 0.620. The van der Waals surface area contributed by atoms with Crippen molar-refractivity contribution in [3.8, 4) is 0 Å². The van der Waals surface area contributed by atoms with E-state index < -0.39 is 0 Å². The molecule has 0 amide bonds. The van der Waals surface area contributed by atoms with E-state index in [9.17, 15) is 0 Å². The number of nitrogens with one attached hydrogen (secondary N) is 2. The van der Waals surface area contributed by atoms with Crippen molar-refractivity contribution in [2.75, 3.05) is 23.3 Å². The van der Waals surface area contributed by atoms with Gasteiger partial charge >= 0.3 is 0 Å². The molecule has 3 rings (SSSR count). The van der Waals surface area contributed by atoms with Crippen molar-refractivity contribution < 1.29 is 4.42 Å². The SMILES string of the molecule is C[C@@H]1C[C@@H](C)CN(c2cc(Cl)nc(NC(=S)NCc3ccco3)n2)C1. The van der Waals surface area contributed by atoms with E-state index >= 15 is 0 Å². The van der Waals surface area contributed by atoms with Crippen molar-refractivity contribution in [1.82, 2.24) is 15.3 Å². The molecule has 0 saturated carbocycles. The van der Waals surface area contributed by atoms with E-state index in [1.54, 1.807) is 12.3 Å². The summed E-state index contributed by atoms with van der Waals surface area (Å²) >= 11 is 11.5. The molecule has 6 nitrogen and oxygen atoms in total. The second-order valence-electron chi connectivity index (χ2n) is 6.61. The molecule has 0 aromatic carbocycles. The molecular formula is C17H22ClN5OS. The Hall–Kier alpha value is -1.86. The molecule has 2 atom stereocenters. The van der Waals surface area contributed by atoms with Gasteiger partial charge in [0.05, 0.1) is 12.8 Å². The fraction of sp³-hybridized carbons (Fsp3) is 0.471. The van der Waals surface area contributed by atoms with Crippen molar-refractivity contribution in [3.63, 3.8) is 0 Å². The lowest BCUT2D eigenvalue weighted by Crippen LogP contribution is -2.39. The summed E-state index contributed by atoms with van der Waals surface area (Å²) in [7, 11) is 0. The fourth-order valence-electron chi connectivity index (χ4n) is 3.20. The number of piperidine rings is 1. The van der Waals surface area contributed by atoms with Gasteiger partial charge in [-0.15, -0.1) is 0 Å². The molecule has 2 aromatic rings.